The molecule has 0 aliphatic rings. The fourth-order valence-corrected chi connectivity index (χ4v) is 3.24. The zero-order valence-electron chi connectivity index (χ0n) is 19.5. The van der Waals surface area contributed by atoms with Crippen LogP contribution in [0.25, 0.3) is 17.3 Å². The van der Waals surface area contributed by atoms with Gasteiger partial charge in [-0.05, 0) is 36.8 Å². The summed E-state index contributed by atoms with van der Waals surface area (Å²) in [4.78, 5) is 21.5. The monoisotopic (exact) mass is 484 g/mol. The molecule has 0 aliphatic carbocycles. The van der Waals surface area contributed by atoms with Crippen molar-refractivity contribution in [1.82, 2.24) is 30.2 Å². The molecule has 11 heteroatoms. The van der Waals surface area contributed by atoms with Gasteiger partial charge < -0.3 is 9.84 Å². The van der Waals surface area contributed by atoms with Gasteiger partial charge in [0.2, 0.25) is 0 Å². The number of amides is 1. The number of alkyl halides is 3. The molecule has 0 saturated heterocycles. The molecule has 0 radical (unpaired) electrons. The number of aromatic nitrogens is 5. The maximum atomic E-state index is 12.7. The van der Waals surface area contributed by atoms with Crippen LogP contribution in [0.3, 0.4) is 0 Å². The Morgan fingerprint density at radius 2 is 1.77 bits per heavy atom. The quantitative estimate of drug-likeness (QED) is 0.434. The molecular formula is C24H23F3N6O2. The molecule has 0 bridgehead atoms. The van der Waals surface area contributed by atoms with Crippen molar-refractivity contribution in [2.75, 3.05) is 0 Å². The van der Waals surface area contributed by atoms with Gasteiger partial charge in [0.15, 0.2) is 11.6 Å². The van der Waals surface area contributed by atoms with E-state index in [2.05, 4.69) is 25.5 Å². The zero-order valence-corrected chi connectivity index (χ0v) is 19.5. The number of carbonyl (C=O) groups is 1. The fraction of sp³-hybridized carbons (Fsp3) is 0.292. The largest absolute Gasteiger partial charge is 0.416 e. The average molecular weight is 484 g/mol. The van der Waals surface area contributed by atoms with Crippen LogP contribution < -0.4 is 5.32 Å². The molecule has 1 amide bonds. The van der Waals surface area contributed by atoms with E-state index in [0.29, 0.717) is 39.9 Å². The van der Waals surface area contributed by atoms with E-state index in [-0.39, 0.29) is 12.0 Å². The fourth-order valence-electron chi connectivity index (χ4n) is 3.24. The van der Waals surface area contributed by atoms with E-state index < -0.39 is 17.6 Å². The van der Waals surface area contributed by atoms with Gasteiger partial charge in [-0.2, -0.15) is 23.3 Å². The van der Waals surface area contributed by atoms with Crippen LogP contribution in [0.1, 0.15) is 53.8 Å². The predicted molar refractivity (Wildman–Crippen MR) is 121 cm³/mol. The average Bonchev–Trinajstić information content (AvgIpc) is 3.45. The molecule has 0 aliphatic heterocycles. The van der Waals surface area contributed by atoms with E-state index in [1.165, 1.54) is 23.0 Å². The number of pyridine rings is 1. The van der Waals surface area contributed by atoms with Gasteiger partial charge in [0.05, 0.1) is 28.6 Å². The summed E-state index contributed by atoms with van der Waals surface area (Å²) in [5.74, 6) is 1.04. The van der Waals surface area contributed by atoms with Crippen molar-refractivity contribution in [2.24, 2.45) is 0 Å². The van der Waals surface area contributed by atoms with Crippen molar-refractivity contribution in [3.05, 3.63) is 77.0 Å². The summed E-state index contributed by atoms with van der Waals surface area (Å²) in [5, 5.41) is 11.0. The van der Waals surface area contributed by atoms with Crippen molar-refractivity contribution >= 4 is 5.91 Å². The highest BCUT2D eigenvalue weighted by Gasteiger charge is 2.30. The van der Waals surface area contributed by atoms with Gasteiger partial charge in [-0.15, -0.1) is 0 Å². The number of hydrogen-bond donors (Lipinski definition) is 1. The minimum Gasteiger partial charge on any atom is -0.348 e. The molecule has 0 spiro atoms. The number of nitrogens with one attached hydrogen (secondary N) is 1. The van der Waals surface area contributed by atoms with Crippen molar-refractivity contribution in [3.63, 3.8) is 0 Å². The van der Waals surface area contributed by atoms with Gasteiger partial charge in [0.1, 0.15) is 0 Å². The summed E-state index contributed by atoms with van der Waals surface area (Å²) >= 11 is 0. The second-order valence-corrected chi connectivity index (χ2v) is 9.01. The first-order valence-electron chi connectivity index (χ1n) is 10.7. The minimum absolute atomic E-state index is 0.0786. The van der Waals surface area contributed by atoms with E-state index in [0.717, 1.165) is 12.1 Å². The van der Waals surface area contributed by atoms with Gasteiger partial charge in [0, 0.05) is 18.2 Å². The van der Waals surface area contributed by atoms with Crippen LogP contribution >= 0.6 is 0 Å². The predicted octanol–water partition coefficient (Wildman–Crippen LogP) is 4.87. The van der Waals surface area contributed by atoms with Crippen LogP contribution in [-0.2, 0) is 18.1 Å². The Morgan fingerprint density at radius 3 is 2.34 bits per heavy atom. The maximum absolute atomic E-state index is 12.7. The van der Waals surface area contributed by atoms with E-state index in [1.54, 1.807) is 25.3 Å². The smallest absolute Gasteiger partial charge is 0.348 e. The third-order valence-corrected chi connectivity index (χ3v) is 5.30. The van der Waals surface area contributed by atoms with Crippen LogP contribution in [0.2, 0.25) is 0 Å². The Morgan fingerprint density at radius 1 is 1.06 bits per heavy atom. The molecule has 4 rings (SSSR count). The molecule has 182 valence electrons. The Hall–Kier alpha value is -4.02. The Kier molecular flexibility index (Phi) is 6.18. The maximum Gasteiger partial charge on any atom is 0.416 e. The first-order valence-corrected chi connectivity index (χ1v) is 10.7. The van der Waals surface area contributed by atoms with Crippen molar-refractivity contribution in [2.45, 2.75) is 45.8 Å². The van der Waals surface area contributed by atoms with E-state index in [4.69, 9.17) is 4.52 Å². The molecule has 3 heterocycles. The highest BCUT2D eigenvalue weighted by atomic mass is 19.4. The number of halogens is 3. The molecule has 4 aromatic rings. The standard InChI is InChI=1S/C24H23F3N6O2/c1-14-18(20(34)29-11-15-5-8-17(9-6-15)24(25,26)27)13-30-33(14)19-10-7-16(12-28-19)21-31-22(32-35-21)23(2,3)4/h5-10,12-13H,11H2,1-4H3,(H,29,34). The van der Waals surface area contributed by atoms with Gasteiger partial charge in [-0.3, -0.25) is 4.79 Å². The molecule has 8 nitrogen and oxygen atoms in total. The number of hydrogen-bond acceptors (Lipinski definition) is 6. The molecule has 0 atom stereocenters. The summed E-state index contributed by atoms with van der Waals surface area (Å²) in [5.41, 5.74) is 1.10. The Labute approximate surface area is 199 Å². The highest BCUT2D eigenvalue weighted by molar-refractivity contribution is 5.95. The van der Waals surface area contributed by atoms with Crippen LogP contribution in [-0.4, -0.2) is 30.8 Å². The molecule has 1 N–H and O–H groups in total. The van der Waals surface area contributed by atoms with E-state index in [9.17, 15) is 18.0 Å². The first kappa shape index (κ1) is 24.1. The first-order chi connectivity index (χ1) is 16.4. The molecule has 0 fully saturated rings. The number of carbonyl (C=O) groups excluding carboxylic acids is 1. The van der Waals surface area contributed by atoms with Crippen molar-refractivity contribution in [3.8, 4) is 17.3 Å². The topological polar surface area (TPSA) is 98.7 Å². The van der Waals surface area contributed by atoms with Crippen LogP contribution in [0.15, 0.2) is 53.3 Å². The van der Waals surface area contributed by atoms with Crippen molar-refractivity contribution < 1.29 is 22.5 Å². The summed E-state index contributed by atoms with van der Waals surface area (Å²) in [6.45, 7) is 7.76. The van der Waals surface area contributed by atoms with Gasteiger partial charge in [-0.25, -0.2) is 9.67 Å². The van der Waals surface area contributed by atoms with E-state index >= 15 is 0 Å². The zero-order chi connectivity index (χ0) is 25.4. The summed E-state index contributed by atoms with van der Waals surface area (Å²) in [7, 11) is 0. The van der Waals surface area contributed by atoms with Gasteiger partial charge in [0.25, 0.3) is 11.8 Å². The lowest BCUT2D eigenvalue weighted by Gasteiger charge is -2.10. The normalized spacial score (nSPS) is 12.1. The second-order valence-electron chi connectivity index (χ2n) is 9.01. The van der Waals surface area contributed by atoms with E-state index in [1.807, 2.05) is 20.8 Å². The molecule has 35 heavy (non-hydrogen) atoms. The molecule has 0 unspecified atom stereocenters. The molecule has 1 aromatic carbocycles. The van der Waals surface area contributed by atoms with Crippen LogP contribution in [0, 0.1) is 6.92 Å². The van der Waals surface area contributed by atoms with Crippen LogP contribution in [0.5, 0.6) is 0 Å². The third-order valence-electron chi connectivity index (χ3n) is 5.30. The number of rotatable bonds is 5. The lowest BCUT2D eigenvalue weighted by Crippen LogP contribution is -2.23. The molecule has 0 saturated carbocycles. The second kappa shape index (κ2) is 8.97. The SMILES string of the molecule is Cc1c(C(=O)NCc2ccc(C(F)(F)F)cc2)cnn1-c1ccc(-c2nc(C(C)(C)C)no2)cn1. The molecular weight excluding hydrogens is 461 g/mol. The number of benzene rings is 1. The summed E-state index contributed by atoms with van der Waals surface area (Å²) in [6, 6.07) is 8.13. The minimum atomic E-state index is -4.40. The lowest BCUT2D eigenvalue weighted by atomic mass is 9.96. The Bertz CT molecular complexity index is 1330. The van der Waals surface area contributed by atoms with Crippen molar-refractivity contribution in [1.29, 1.82) is 0 Å². The summed E-state index contributed by atoms with van der Waals surface area (Å²) < 4.78 is 45.0. The Balaban J connectivity index is 1.44. The highest BCUT2D eigenvalue weighted by Crippen LogP contribution is 2.29. The molecule has 3 aromatic heterocycles. The van der Waals surface area contributed by atoms with Crippen LogP contribution in [0.4, 0.5) is 13.2 Å². The number of nitrogens with zero attached hydrogens (tertiary/aromatic N) is 5. The van der Waals surface area contributed by atoms with Gasteiger partial charge in [-0.1, -0.05) is 38.1 Å². The summed E-state index contributed by atoms with van der Waals surface area (Å²) in [6.07, 6.45) is -1.40. The van der Waals surface area contributed by atoms with Gasteiger partial charge >= 0.3 is 6.18 Å². The lowest BCUT2D eigenvalue weighted by molar-refractivity contribution is -0.137. The third kappa shape index (κ3) is 5.23.